The fraction of sp³-hybridized carbons (Fsp3) is 0.909. The molecule has 0 atom stereocenters. The first-order valence-electron chi connectivity index (χ1n) is 11.5. The van der Waals surface area contributed by atoms with Gasteiger partial charge in [0.2, 0.25) is 0 Å². The van der Waals surface area contributed by atoms with Gasteiger partial charge in [-0.25, -0.2) is 0 Å². The Bertz CT molecular complexity index is 396. The van der Waals surface area contributed by atoms with Crippen LogP contribution in [0.1, 0.15) is 91.9 Å². The fourth-order valence-electron chi connectivity index (χ4n) is 4.27. The molecule has 2 aliphatic carbocycles. The minimum absolute atomic E-state index is 0.280. The lowest BCUT2D eigenvalue weighted by molar-refractivity contribution is 0.181. The van der Waals surface area contributed by atoms with Gasteiger partial charge in [-0.15, -0.1) is 0 Å². The third-order valence-corrected chi connectivity index (χ3v) is 7.26. The number of rotatable bonds is 6. The molecule has 6 heteroatoms. The Balaban J connectivity index is 0.000000280. The molecule has 28 heavy (non-hydrogen) atoms. The zero-order valence-electron chi connectivity index (χ0n) is 18.6. The van der Waals surface area contributed by atoms with Gasteiger partial charge in [0.1, 0.15) is 0 Å². The Morgan fingerprint density at radius 3 is 1.21 bits per heavy atom. The lowest BCUT2D eigenvalue weighted by atomic mass is 9.94. The molecule has 0 aromatic heterocycles. The third kappa shape index (κ3) is 8.98. The first-order valence-corrected chi connectivity index (χ1v) is 13.4. The largest absolute Gasteiger partial charge is 0.331 e. The Labute approximate surface area is 181 Å². The Morgan fingerprint density at radius 2 is 0.964 bits per heavy atom. The van der Waals surface area contributed by atoms with E-state index >= 15 is 0 Å². The maximum Gasteiger partial charge on any atom is 0.281 e. The standard InChI is InChI=1S/2C11H21NOS/c2*1-3-12(11(13)14-4-2)10-8-6-5-7-9-10/h2*10H,3-9H2,1-2H3. The van der Waals surface area contributed by atoms with Crippen molar-refractivity contribution in [3.8, 4) is 0 Å². The van der Waals surface area contributed by atoms with Gasteiger partial charge in [-0.05, 0) is 51.0 Å². The van der Waals surface area contributed by atoms with Crippen molar-refractivity contribution in [3.63, 3.8) is 0 Å². The van der Waals surface area contributed by atoms with E-state index in [4.69, 9.17) is 0 Å². The molecule has 0 N–H and O–H groups in total. The first kappa shape index (κ1) is 25.7. The van der Waals surface area contributed by atoms with Gasteiger partial charge in [0.15, 0.2) is 0 Å². The minimum Gasteiger partial charge on any atom is -0.331 e. The van der Waals surface area contributed by atoms with Gasteiger partial charge in [0.05, 0.1) is 0 Å². The molecule has 0 saturated heterocycles. The van der Waals surface area contributed by atoms with Crippen molar-refractivity contribution >= 4 is 34.0 Å². The van der Waals surface area contributed by atoms with Gasteiger partial charge in [0.25, 0.3) is 10.5 Å². The summed E-state index contributed by atoms with van der Waals surface area (Å²) in [5.74, 6) is 1.78. The predicted molar refractivity (Wildman–Crippen MR) is 126 cm³/mol. The highest BCUT2D eigenvalue weighted by molar-refractivity contribution is 8.13. The molecule has 4 nitrogen and oxygen atoms in total. The molecular formula is C22H42N2O2S2. The molecule has 2 saturated carbocycles. The van der Waals surface area contributed by atoms with Crippen LogP contribution in [-0.4, -0.2) is 57.0 Å². The molecule has 0 aliphatic heterocycles. The van der Waals surface area contributed by atoms with Crippen molar-refractivity contribution in [2.24, 2.45) is 0 Å². The van der Waals surface area contributed by atoms with Crippen molar-refractivity contribution in [2.75, 3.05) is 24.6 Å². The van der Waals surface area contributed by atoms with Crippen molar-refractivity contribution in [1.29, 1.82) is 0 Å². The van der Waals surface area contributed by atoms with E-state index in [1.54, 1.807) is 0 Å². The van der Waals surface area contributed by atoms with Crippen LogP contribution in [0.3, 0.4) is 0 Å². The molecule has 164 valence electrons. The molecule has 2 aliphatic rings. The minimum atomic E-state index is 0.280. The SMILES string of the molecule is CCSC(=O)N(CC)C1CCCCC1.CCSC(=O)N(CC)C1CCCCC1. The van der Waals surface area contributed by atoms with E-state index in [9.17, 15) is 9.59 Å². The molecular weight excluding hydrogens is 388 g/mol. The number of hydrogen-bond donors (Lipinski definition) is 0. The lowest BCUT2D eigenvalue weighted by Gasteiger charge is -2.33. The quantitative estimate of drug-likeness (QED) is 0.453. The molecule has 0 radical (unpaired) electrons. The van der Waals surface area contributed by atoms with Gasteiger partial charge in [0, 0.05) is 25.2 Å². The summed E-state index contributed by atoms with van der Waals surface area (Å²) in [5, 5.41) is 0.559. The van der Waals surface area contributed by atoms with Crippen LogP contribution in [0.15, 0.2) is 0 Å². The van der Waals surface area contributed by atoms with E-state index in [0.717, 1.165) is 24.6 Å². The molecule has 2 fully saturated rings. The van der Waals surface area contributed by atoms with Gasteiger partial charge in [-0.2, -0.15) is 0 Å². The van der Waals surface area contributed by atoms with Crippen molar-refractivity contribution < 1.29 is 9.59 Å². The molecule has 0 aromatic carbocycles. The monoisotopic (exact) mass is 430 g/mol. The zero-order chi connectivity index (χ0) is 20.8. The summed E-state index contributed by atoms with van der Waals surface area (Å²) in [5.41, 5.74) is 0. The second-order valence-electron chi connectivity index (χ2n) is 7.55. The number of thioether (sulfide) groups is 2. The van der Waals surface area contributed by atoms with E-state index in [1.165, 1.54) is 87.7 Å². The maximum atomic E-state index is 11.8. The fourth-order valence-corrected chi connectivity index (χ4v) is 5.65. The molecule has 2 rings (SSSR count). The van der Waals surface area contributed by atoms with Crippen molar-refractivity contribution in [3.05, 3.63) is 0 Å². The summed E-state index contributed by atoms with van der Waals surface area (Å²) in [6.07, 6.45) is 12.7. The number of carbonyl (C=O) groups excluding carboxylic acids is 2. The van der Waals surface area contributed by atoms with E-state index in [-0.39, 0.29) is 10.5 Å². The van der Waals surface area contributed by atoms with Crippen molar-refractivity contribution in [2.45, 2.75) is 104 Å². The van der Waals surface area contributed by atoms with Gasteiger partial charge in [-0.1, -0.05) is 75.9 Å². The Hall–Kier alpha value is -0.360. The van der Waals surface area contributed by atoms with Crippen LogP contribution in [0.4, 0.5) is 9.59 Å². The second kappa shape index (κ2) is 15.5. The summed E-state index contributed by atoms with van der Waals surface area (Å²) in [7, 11) is 0. The van der Waals surface area contributed by atoms with Gasteiger partial charge >= 0.3 is 0 Å². The van der Waals surface area contributed by atoms with Crippen LogP contribution in [0.5, 0.6) is 0 Å². The highest BCUT2D eigenvalue weighted by Gasteiger charge is 2.24. The summed E-state index contributed by atoms with van der Waals surface area (Å²) in [4.78, 5) is 27.7. The summed E-state index contributed by atoms with van der Waals surface area (Å²) in [6.45, 7) is 9.99. The number of carbonyl (C=O) groups is 2. The first-order chi connectivity index (χ1) is 13.6. The van der Waals surface area contributed by atoms with Crippen LogP contribution < -0.4 is 0 Å². The third-order valence-electron chi connectivity index (χ3n) is 5.72. The maximum absolute atomic E-state index is 11.8. The second-order valence-corrected chi connectivity index (χ2v) is 9.98. The summed E-state index contributed by atoms with van der Waals surface area (Å²) < 4.78 is 0. The highest BCUT2D eigenvalue weighted by atomic mass is 32.2. The number of amides is 2. The molecule has 0 unspecified atom stereocenters. The number of nitrogens with zero attached hydrogens (tertiary/aromatic N) is 2. The van der Waals surface area contributed by atoms with Crippen LogP contribution in [0.25, 0.3) is 0 Å². The average molecular weight is 431 g/mol. The van der Waals surface area contributed by atoms with Gasteiger partial charge in [-0.3, -0.25) is 9.59 Å². The van der Waals surface area contributed by atoms with Gasteiger partial charge < -0.3 is 9.80 Å². The van der Waals surface area contributed by atoms with Crippen LogP contribution >= 0.6 is 23.5 Å². The Kier molecular flexibility index (Phi) is 14.2. The molecule has 0 aromatic rings. The van der Waals surface area contributed by atoms with Crippen LogP contribution in [-0.2, 0) is 0 Å². The molecule has 0 spiro atoms. The van der Waals surface area contributed by atoms with Crippen LogP contribution in [0.2, 0.25) is 0 Å². The number of hydrogen-bond acceptors (Lipinski definition) is 4. The molecule has 0 heterocycles. The normalized spacial score (nSPS) is 18.1. The topological polar surface area (TPSA) is 40.6 Å². The average Bonchev–Trinajstić information content (AvgIpc) is 2.72. The Morgan fingerprint density at radius 1 is 0.643 bits per heavy atom. The zero-order valence-corrected chi connectivity index (χ0v) is 20.2. The van der Waals surface area contributed by atoms with E-state index in [0.29, 0.717) is 12.1 Å². The lowest BCUT2D eigenvalue weighted by Crippen LogP contribution is -2.39. The van der Waals surface area contributed by atoms with E-state index < -0.39 is 0 Å². The smallest absolute Gasteiger partial charge is 0.281 e. The van der Waals surface area contributed by atoms with E-state index in [2.05, 4.69) is 23.6 Å². The highest BCUT2D eigenvalue weighted by Crippen LogP contribution is 2.25. The van der Waals surface area contributed by atoms with E-state index in [1.807, 2.05) is 13.8 Å². The summed E-state index contributed by atoms with van der Waals surface area (Å²) in [6, 6.07) is 1.06. The molecule has 0 bridgehead atoms. The summed E-state index contributed by atoms with van der Waals surface area (Å²) >= 11 is 2.89. The predicted octanol–water partition coefficient (Wildman–Crippen LogP) is 7.03. The van der Waals surface area contributed by atoms with Crippen molar-refractivity contribution in [1.82, 2.24) is 9.80 Å². The van der Waals surface area contributed by atoms with Crippen LogP contribution in [0, 0.1) is 0 Å². The molecule has 2 amide bonds.